The molecule has 0 bridgehead atoms. The first-order valence-electron chi connectivity index (χ1n) is 2.59. The van der Waals surface area contributed by atoms with Crippen molar-refractivity contribution in [3.63, 3.8) is 0 Å². The zero-order chi connectivity index (χ0) is 7.56. The van der Waals surface area contributed by atoms with Crippen molar-refractivity contribution in [2.24, 2.45) is 0 Å². The summed E-state index contributed by atoms with van der Waals surface area (Å²) in [6, 6.07) is 3.39. The van der Waals surface area contributed by atoms with Crippen LogP contribution >= 0.6 is 35.0 Å². The van der Waals surface area contributed by atoms with E-state index in [0.717, 1.165) is 5.03 Å². The van der Waals surface area contributed by atoms with E-state index in [0.29, 0.717) is 10.2 Å². The van der Waals surface area contributed by atoms with Crippen molar-refractivity contribution in [2.45, 2.75) is 5.03 Å². The zero-order valence-electron chi connectivity index (χ0n) is 5.27. The third-order valence-electron chi connectivity index (χ3n) is 0.944. The van der Waals surface area contributed by atoms with Gasteiger partial charge in [0.25, 0.3) is 0 Å². The fourth-order valence-electron chi connectivity index (χ4n) is 0.548. The predicted molar refractivity (Wildman–Crippen MR) is 46.0 cm³/mol. The second kappa shape index (κ2) is 3.46. The molecule has 0 aliphatic carbocycles. The highest BCUT2D eigenvalue weighted by atomic mass is 35.5. The minimum Gasteiger partial charge on any atom is -0.230 e. The average Bonchev–Trinajstić information content (AvgIpc) is 1.85. The second-order valence-electron chi connectivity index (χ2n) is 1.65. The molecule has 1 rings (SSSR count). The minimum absolute atomic E-state index is 0.442. The molecule has 10 heavy (non-hydrogen) atoms. The maximum atomic E-state index is 5.69. The Morgan fingerprint density at radius 1 is 1.40 bits per heavy atom. The first-order valence-corrected chi connectivity index (χ1v) is 4.57. The Labute approximate surface area is 73.7 Å². The molecule has 1 heterocycles. The van der Waals surface area contributed by atoms with Crippen LogP contribution in [0.25, 0.3) is 0 Å². The quantitative estimate of drug-likeness (QED) is 0.503. The number of pyridine rings is 1. The number of hydrogen-bond acceptors (Lipinski definition) is 2. The summed E-state index contributed by atoms with van der Waals surface area (Å²) >= 11 is 12.8. The maximum Gasteiger partial charge on any atom is 0.131 e. The van der Waals surface area contributed by atoms with Gasteiger partial charge in [-0.2, -0.15) is 0 Å². The van der Waals surface area contributed by atoms with Crippen molar-refractivity contribution in [1.29, 1.82) is 0 Å². The van der Waals surface area contributed by atoms with Crippen LogP contribution in [0, 0.1) is 0 Å². The van der Waals surface area contributed by atoms with Gasteiger partial charge in [0, 0.05) is 5.02 Å². The van der Waals surface area contributed by atoms with E-state index in [2.05, 4.69) is 4.98 Å². The van der Waals surface area contributed by atoms with Crippen molar-refractivity contribution < 1.29 is 0 Å². The molecule has 4 heteroatoms. The molecule has 0 aromatic carbocycles. The van der Waals surface area contributed by atoms with Gasteiger partial charge in [-0.25, -0.2) is 4.98 Å². The van der Waals surface area contributed by atoms with Gasteiger partial charge in [0.1, 0.15) is 5.15 Å². The summed E-state index contributed by atoms with van der Waals surface area (Å²) in [6.45, 7) is 0. The summed E-state index contributed by atoms with van der Waals surface area (Å²) in [5.74, 6) is 0. The smallest absolute Gasteiger partial charge is 0.131 e. The van der Waals surface area contributed by atoms with Crippen LogP contribution in [0.15, 0.2) is 17.2 Å². The summed E-state index contributed by atoms with van der Waals surface area (Å²) in [4.78, 5) is 4.00. The van der Waals surface area contributed by atoms with E-state index in [9.17, 15) is 0 Å². The molecule has 0 saturated carbocycles. The molecule has 0 atom stereocenters. The van der Waals surface area contributed by atoms with Gasteiger partial charge in [-0.3, -0.25) is 0 Å². The van der Waals surface area contributed by atoms with Gasteiger partial charge in [0.2, 0.25) is 0 Å². The first-order chi connectivity index (χ1) is 4.72. The van der Waals surface area contributed by atoms with Crippen LogP contribution in [0.5, 0.6) is 0 Å². The lowest BCUT2D eigenvalue weighted by Gasteiger charge is -1.95. The first kappa shape index (κ1) is 8.18. The van der Waals surface area contributed by atoms with Crippen LogP contribution in [0.1, 0.15) is 0 Å². The van der Waals surface area contributed by atoms with Crippen LogP contribution < -0.4 is 0 Å². The molecular formula is C6H5Cl2NS. The van der Waals surface area contributed by atoms with Crippen molar-refractivity contribution >= 4 is 35.0 Å². The van der Waals surface area contributed by atoms with Gasteiger partial charge in [-0.15, -0.1) is 11.8 Å². The van der Waals surface area contributed by atoms with Gasteiger partial charge in [0.15, 0.2) is 0 Å². The SMILES string of the molecule is CSc1cc(Cl)cc(Cl)n1. The van der Waals surface area contributed by atoms with Gasteiger partial charge in [-0.05, 0) is 18.4 Å². The summed E-state index contributed by atoms with van der Waals surface area (Å²) in [5.41, 5.74) is 0. The van der Waals surface area contributed by atoms with Gasteiger partial charge in [0.05, 0.1) is 5.03 Å². The van der Waals surface area contributed by atoms with Crippen molar-refractivity contribution in [1.82, 2.24) is 4.98 Å². The largest absolute Gasteiger partial charge is 0.230 e. The molecule has 1 aromatic heterocycles. The van der Waals surface area contributed by atoms with Crippen LogP contribution in [0.4, 0.5) is 0 Å². The maximum absolute atomic E-state index is 5.69. The number of aromatic nitrogens is 1. The number of halogens is 2. The number of thioether (sulfide) groups is 1. The molecular weight excluding hydrogens is 189 g/mol. The molecule has 1 aromatic rings. The Hall–Kier alpha value is 0.0800. The monoisotopic (exact) mass is 193 g/mol. The predicted octanol–water partition coefficient (Wildman–Crippen LogP) is 3.11. The Morgan fingerprint density at radius 3 is 2.60 bits per heavy atom. The second-order valence-corrected chi connectivity index (χ2v) is 3.30. The normalized spacial score (nSPS) is 9.90. The Morgan fingerprint density at radius 2 is 2.10 bits per heavy atom. The molecule has 54 valence electrons. The third-order valence-corrected chi connectivity index (χ3v) is 1.98. The molecule has 0 N–H and O–H groups in total. The third kappa shape index (κ3) is 2.04. The van der Waals surface area contributed by atoms with Gasteiger partial charge < -0.3 is 0 Å². The molecule has 0 unspecified atom stereocenters. The van der Waals surface area contributed by atoms with E-state index in [1.54, 1.807) is 12.1 Å². The number of hydrogen-bond donors (Lipinski definition) is 0. The molecule has 0 saturated heterocycles. The van der Waals surface area contributed by atoms with E-state index < -0.39 is 0 Å². The van der Waals surface area contributed by atoms with E-state index >= 15 is 0 Å². The van der Waals surface area contributed by atoms with E-state index in [4.69, 9.17) is 23.2 Å². The Bertz CT molecular complexity index is 219. The molecule has 0 amide bonds. The lowest BCUT2D eigenvalue weighted by Crippen LogP contribution is -1.78. The molecule has 1 nitrogen and oxygen atoms in total. The number of rotatable bonds is 1. The van der Waals surface area contributed by atoms with Crippen LogP contribution in [-0.4, -0.2) is 11.2 Å². The van der Waals surface area contributed by atoms with Gasteiger partial charge in [-0.1, -0.05) is 23.2 Å². The molecule has 0 spiro atoms. The minimum atomic E-state index is 0.442. The highest BCUT2D eigenvalue weighted by Crippen LogP contribution is 2.20. The van der Waals surface area contributed by atoms with Crippen molar-refractivity contribution in [3.05, 3.63) is 22.3 Å². The lowest BCUT2D eigenvalue weighted by atomic mass is 10.5. The van der Waals surface area contributed by atoms with E-state index in [1.807, 2.05) is 6.26 Å². The Kier molecular flexibility index (Phi) is 2.83. The van der Waals surface area contributed by atoms with E-state index in [-0.39, 0.29) is 0 Å². The summed E-state index contributed by atoms with van der Waals surface area (Å²) in [5, 5.41) is 1.92. The zero-order valence-corrected chi connectivity index (χ0v) is 7.59. The average molecular weight is 194 g/mol. The molecule has 0 aliphatic rings. The highest BCUT2D eigenvalue weighted by Gasteiger charge is 1.96. The summed E-state index contributed by atoms with van der Waals surface area (Å²) in [7, 11) is 0. The molecule has 0 radical (unpaired) electrons. The van der Waals surface area contributed by atoms with Crippen LogP contribution in [0.2, 0.25) is 10.2 Å². The number of nitrogens with zero attached hydrogens (tertiary/aromatic N) is 1. The fraction of sp³-hybridized carbons (Fsp3) is 0.167. The topological polar surface area (TPSA) is 12.9 Å². The molecule has 0 aliphatic heterocycles. The van der Waals surface area contributed by atoms with E-state index in [1.165, 1.54) is 11.8 Å². The molecule has 0 fully saturated rings. The summed E-state index contributed by atoms with van der Waals surface area (Å²) in [6.07, 6.45) is 1.93. The van der Waals surface area contributed by atoms with Crippen LogP contribution in [-0.2, 0) is 0 Å². The van der Waals surface area contributed by atoms with Crippen molar-refractivity contribution in [3.8, 4) is 0 Å². The van der Waals surface area contributed by atoms with Crippen molar-refractivity contribution in [2.75, 3.05) is 6.26 Å². The fourth-order valence-corrected chi connectivity index (χ4v) is 1.57. The van der Waals surface area contributed by atoms with Gasteiger partial charge >= 0.3 is 0 Å². The lowest BCUT2D eigenvalue weighted by molar-refractivity contribution is 1.14. The summed E-state index contributed by atoms with van der Waals surface area (Å²) < 4.78 is 0. The standard InChI is InChI=1S/C6H5Cl2NS/c1-10-6-3-4(7)2-5(8)9-6/h2-3H,1H3. The Balaban J connectivity index is 3.06. The van der Waals surface area contributed by atoms with Crippen LogP contribution in [0.3, 0.4) is 0 Å². The highest BCUT2D eigenvalue weighted by molar-refractivity contribution is 7.98.